The molecule has 0 bridgehead atoms. The van der Waals surface area contributed by atoms with Gasteiger partial charge < -0.3 is 9.84 Å². The first-order valence-electron chi connectivity index (χ1n) is 4.44. The van der Waals surface area contributed by atoms with Crippen LogP contribution in [-0.2, 0) is 9.68 Å². The summed E-state index contributed by atoms with van der Waals surface area (Å²) in [6.07, 6.45) is 0. The third-order valence-electron chi connectivity index (χ3n) is 1.96. The highest BCUT2D eigenvalue weighted by Crippen LogP contribution is 2.32. The van der Waals surface area contributed by atoms with Crippen LogP contribution in [0.1, 0.15) is 10.4 Å². The Hall–Kier alpha value is -1.79. The van der Waals surface area contributed by atoms with Crippen molar-refractivity contribution in [1.82, 2.24) is 0 Å². The molecule has 0 unspecified atom stereocenters. The molecule has 88 valence electrons. The van der Waals surface area contributed by atoms with Gasteiger partial charge in [0.05, 0.1) is 26.9 Å². The van der Waals surface area contributed by atoms with E-state index < -0.39 is 5.97 Å². The van der Waals surface area contributed by atoms with E-state index in [4.69, 9.17) is 19.5 Å². The fourth-order valence-corrected chi connectivity index (χ4v) is 1.31. The van der Waals surface area contributed by atoms with E-state index in [1.807, 2.05) is 0 Å². The molecule has 16 heavy (non-hydrogen) atoms. The van der Waals surface area contributed by atoms with Crippen molar-refractivity contribution in [3.05, 3.63) is 23.8 Å². The van der Waals surface area contributed by atoms with Gasteiger partial charge in [0.15, 0.2) is 5.69 Å². The summed E-state index contributed by atoms with van der Waals surface area (Å²) in [6, 6.07) is 4.63. The van der Waals surface area contributed by atoms with Crippen molar-refractivity contribution in [1.29, 1.82) is 0 Å². The Morgan fingerprint density at radius 2 is 1.88 bits per heavy atom. The van der Waals surface area contributed by atoms with Crippen LogP contribution >= 0.6 is 0 Å². The Balaban J connectivity index is 3.34. The maximum absolute atomic E-state index is 11.0. The number of hydrogen-bond donors (Lipinski definition) is 1. The second-order valence-corrected chi connectivity index (χ2v) is 2.78. The zero-order valence-corrected chi connectivity index (χ0v) is 9.26. The fraction of sp³-hybridized carbons (Fsp3) is 0.300. The maximum atomic E-state index is 11.0. The standard InChI is InChI=1S/C10H13NO5/c1-14-8-6-4-5-7(10(12)13)9(8)11(15-2)16-3/h4-6H,1-3H3,(H,12,13). The second kappa shape index (κ2) is 5.34. The average Bonchev–Trinajstić information content (AvgIpc) is 2.30. The van der Waals surface area contributed by atoms with Crippen LogP contribution in [0.4, 0.5) is 5.69 Å². The first kappa shape index (κ1) is 12.3. The molecule has 0 spiro atoms. The molecule has 0 aliphatic rings. The van der Waals surface area contributed by atoms with Gasteiger partial charge >= 0.3 is 5.97 Å². The number of carboxylic acids is 1. The van der Waals surface area contributed by atoms with Gasteiger partial charge in [-0.05, 0) is 12.1 Å². The van der Waals surface area contributed by atoms with Gasteiger partial charge in [-0.15, -0.1) is 5.23 Å². The Labute approximate surface area is 92.9 Å². The van der Waals surface area contributed by atoms with E-state index in [1.54, 1.807) is 12.1 Å². The molecule has 1 N–H and O–H groups in total. The lowest BCUT2D eigenvalue weighted by Gasteiger charge is -2.21. The van der Waals surface area contributed by atoms with Crippen molar-refractivity contribution in [2.24, 2.45) is 0 Å². The zero-order valence-electron chi connectivity index (χ0n) is 9.26. The van der Waals surface area contributed by atoms with Crippen molar-refractivity contribution in [3.8, 4) is 5.75 Å². The average molecular weight is 227 g/mol. The number of para-hydroxylation sites is 1. The molecule has 1 rings (SSSR count). The van der Waals surface area contributed by atoms with Crippen LogP contribution in [0.15, 0.2) is 18.2 Å². The van der Waals surface area contributed by atoms with Crippen LogP contribution in [0.3, 0.4) is 0 Å². The number of anilines is 1. The fourth-order valence-electron chi connectivity index (χ4n) is 1.31. The van der Waals surface area contributed by atoms with Crippen LogP contribution in [0.25, 0.3) is 0 Å². The molecule has 0 heterocycles. The minimum atomic E-state index is -1.09. The van der Waals surface area contributed by atoms with Gasteiger partial charge in [0.1, 0.15) is 5.75 Å². The van der Waals surface area contributed by atoms with Crippen LogP contribution < -0.4 is 9.96 Å². The molecule has 0 saturated heterocycles. The third-order valence-corrected chi connectivity index (χ3v) is 1.96. The van der Waals surface area contributed by atoms with E-state index in [2.05, 4.69) is 0 Å². The van der Waals surface area contributed by atoms with Crippen LogP contribution in [0.5, 0.6) is 5.75 Å². The van der Waals surface area contributed by atoms with E-state index in [0.717, 1.165) is 5.23 Å². The summed E-state index contributed by atoms with van der Waals surface area (Å²) >= 11 is 0. The normalized spacial score (nSPS) is 9.94. The summed E-state index contributed by atoms with van der Waals surface area (Å²) < 4.78 is 5.06. The summed E-state index contributed by atoms with van der Waals surface area (Å²) in [6.45, 7) is 0. The molecule has 0 aliphatic heterocycles. The topological polar surface area (TPSA) is 68.2 Å². The Kier molecular flexibility index (Phi) is 4.10. The summed E-state index contributed by atoms with van der Waals surface area (Å²) in [7, 11) is 4.16. The van der Waals surface area contributed by atoms with Gasteiger partial charge in [-0.25, -0.2) is 4.79 Å². The minimum Gasteiger partial charge on any atom is -0.494 e. The maximum Gasteiger partial charge on any atom is 0.338 e. The predicted molar refractivity (Wildman–Crippen MR) is 56.5 cm³/mol. The van der Waals surface area contributed by atoms with Crippen molar-refractivity contribution < 1.29 is 24.3 Å². The number of ether oxygens (including phenoxy) is 1. The monoisotopic (exact) mass is 227 g/mol. The molecule has 0 atom stereocenters. The SMILES string of the molecule is COc1cccc(C(=O)O)c1N(OC)OC. The Morgan fingerprint density at radius 3 is 2.31 bits per heavy atom. The van der Waals surface area contributed by atoms with E-state index in [9.17, 15) is 4.79 Å². The molecular formula is C10H13NO5. The number of methoxy groups -OCH3 is 1. The van der Waals surface area contributed by atoms with Gasteiger partial charge in [-0.1, -0.05) is 6.07 Å². The van der Waals surface area contributed by atoms with E-state index >= 15 is 0 Å². The summed E-state index contributed by atoms with van der Waals surface area (Å²) in [5.41, 5.74) is 0.241. The molecule has 0 aromatic heterocycles. The number of carbonyl (C=O) groups is 1. The van der Waals surface area contributed by atoms with Gasteiger partial charge in [0, 0.05) is 0 Å². The van der Waals surface area contributed by atoms with Crippen molar-refractivity contribution >= 4 is 11.7 Å². The van der Waals surface area contributed by atoms with Crippen LogP contribution in [0, 0.1) is 0 Å². The largest absolute Gasteiger partial charge is 0.494 e. The summed E-state index contributed by atoms with van der Waals surface area (Å²) in [4.78, 5) is 20.8. The number of nitrogens with zero attached hydrogens (tertiary/aromatic N) is 1. The Bertz CT molecular complexity index is 375. The van der Waals surface area contributed by atoms with Crippen molar-refractivity contribution in [2.45, 2.75) is 0 Å². The molecular weight excluding hydrogens is 214 g/mol. The molecule has 1 aromatic rings. The number of rotatable bonds is 5. The number of hydrogen-bond acceptors (Lipinski definition) is 5. The smallest absolute Gasteiger partial charge is 0.338 e. The highest BCUT2D eigenvalue weighted by atomic mass is 16.9. The predicted octanol–water partition coefficient (Wildman–Crippen LogP) is 1.32. The van der Waals surface area contributed by atoms with Crippen LogP contribution in [-0.4, -0.2) is 32.4 Å². The third kappa shape index (κ3) is 2.23. The molecule has 0 fully saturated rings. The molecule has 0 amide bonds. The van der Waals surface area contributed by atoms with E-state index in [0.29, 0.717) is 5.75 Å². The molecule has 1 aromatic carbocycles. The second-order valence-electron chi connectivity index (χ2n) is 2.78. The molecule has 0 saturated carbocycles. The highest BCUT2D eigenvalue weighted by Gasteiger charge is 2.21. The quantitative estimate of drug-likeness (QED) is 0.765. The van der Waals surface area contributed by atoms with Gasteiger partial charge in [0.25, 0.3) is 0 Å². The Morgan fingerprint density at radius 1 is 1.25 bits per heavy atom. The van der Waals surface area contributed by atoms with Gasteiger partial charge in [0.2, 0.25) is 0 Å². The van der Waals surface area contributed by atoms with Crippen molar-refractivity contribution in [3.63, 3.8) is 0 Å². The summed E-state index contributed by atoms with van der Waals surface area (Å²) in [5, 5.41) is 10.0. The molecule has 0 aliphatic carbocycles. The highest BCUT2D eigenvalue weighted by molar-refractivity contribution is 5.95. The molecule has 6 nitrogen and oxygen atoms in total. The first-order chi connectivity index (χ1) is 7.65. The molecule has 0 radical (unpaired) electrons. The minimum absolute atomic E-state index is 0.0306. The lowest BCUT2D eigenvalue weighted by molar-refractivity contribution is -0.0445. The van der Waals surface area contributed by atoms with Crippen LogP contribution in [0.2, 0.25) is 0 Å². The number of aromatic carboxylic acids is 1. The van der Waals surface area contributed by atoms with Crippen molar-refractivity contribution in [2.75, 3.05) is 26.6 Å². The van der Waals surface area contributed by atoms with Gasteiger partial charge in [-0.2, -0.15) is 0 Å². The first-order valence-corrected chi connectivity index (χ1v) is 4.44. The van der Waals surface area contributed by atoms with E-state index in [-0.39, 0.29) is 11.3 Å². The number of benzene rings is 1. The van der Waals surface area contributed by atoms with E-state index in [1.165, 1.54) is 27.4 Å². The zero-order chi connectivity index (χ0) is 12.1. The molecule has 6 heteroatoms. The lowest BCUT2D eigenvalue weighted by atomic mass is 10.1. The van der Waals surface area contributed by atoms with Gasteiger partial charge in [-0.3, -0.25) is 9.68 Å². The summed E-state index contributed by atoms with van der Waals surface area (Å²) in [5.74, 6) is -0.739. The lowest BCUT2D eigenvalue weighted by Crippen LogP contribution is -2.23. The number of carboxylic acid groups (broad SMARTS) is 1.